The molecule has 19 heavy (non-hydrogen) atoms. The van der Waals surface area contributed by atoms with Crippen LogP contribution in [0.4, 0.5) is 5.69 Å². The summed E-state index contributed by atoms with van der Waals surface area (Å²) in [4.78, 5) is 0. The van der Waals surface area contributed by atoms with Crippen LogP contribution in [-0.2, 0) is 0 Å². The third-order valence-electron chi connectivity index (χ3n) is 2.44. The Kier molecular flexibility index (Phi) is 5.37. The van der Waals surface area contributed by atoms with Crippen molar-refractivity contribution in [3.8, 4) is 5.75 Å². The summed E-state index contributed by atoms with van der Waals surface area (Å²) in [5, 5.41) is 4.40. The van der Waals surface area contributed by atoms with E-state index < -0.39 is 0 Å². The Bertz CT molecular complexity index is 563. The molecular weight excluding hydrogens is 349 g/mol. The van der Waals surface area contributed by atoms with Gasteiger partial charge >= 0.3 is 0 Å². The molecule has 2 nitrogen and oxygen atoms in total. The number of hydrogen-bond donors (Lipinski definition) is 1. The predicted octanol–water partition coefficient (Wildman–Crippen LogP) is 5.25. The molecule has 0 amide bonds. The molecule has 0 atom stereocenters. The highest BCUT2D eigenvalue weighted by Gasteiger charge is 2.02. The van der Waals surface area contributed by atoms with E-state index in [9.17, 15) is 0 Å². The van der Waals surface area contributed by atoms with Crippen molar-refractivity contribution in [1.82, 2.24) is 0 Å². The van der Waals surface area contributed by atoms with Gasteiger partial charge in [-0.15, -0.1) is 0 Å². The van der Waals surface area contributed by atoms with Crippen LogP contribution in [0.1, 0.15) is 0 Å². The Morgan fingerprint density at radius 3 is 2.63 bits per heavy atom. The van der Waals surface area contributed by atoms with E-state index in [0.29, 0.717) is 28.9 Å². The van der Waals surface area contributed by atoms with Crippen molar-refractivity contribution in [3.05, 3.63) is 57.0 Å². The van der Waals surface area contributed by atoms with Gasteiger partial charge < -0.3 is 10.1 Å². The maximum absolute atomic E-state index is 6.01. The second-order valence-electron chi connectivity index (χ2n) is 3.83. The van der Waals surface area contributed by atoms with E-state index in [1.807, 2.05) is 24.3 Å². The van der Waals surface area contributed by atoms with Crippen molar-refractivity contribution in [2.45, 2.75) is 0 Å². The maximum Gasteiger partial charge on any atom is 0.138 e. The molecule has 2 aromatic carbocycles. The van der Waals surface area contributed by atoms with Crippen LogP contribution in [0.25, 0.3) is 0 Å². The molecule has 0 aliphatic heterocycles. The van der Waals surface area contributed by atoms with Crippen molar-refractivity contribution in [1.29, 1.82) is 0 Å². The van der Waals surface area contributed by atoms with E-state index in [2.05, 4.69) is 21.2 Å². The minimum atomic E-state index is 0.517. The lowest BCUT2D eigenvalue weighted by molar-refractivity contribution is 0.333. The molecule has 2 rings (SSSR count). The largest absolute Gasteiger partial charge is 0.490 e. The van der Waals surface area contributed by atoms with Gasteiger partial charge in [-0.3, -0.25) is 0 Å². The van der Waals surface area contributed by atoms with Gasteiger partial charge in [-0.2, -0.15) is 0 Å². The van der Waals surface area contributed by atoms with Gasteiger partial charge in [-0.1, -0.05) is 35.3 Å². The molecule has 0 fully saturated rings. The van der Waals surface area contributed by atoms with Gasteiger partial charge in [-0.25, -0.2) is 0 Å². The third kappa shape index (κ3) is 4.30. The summed E-state index contributed by atoms with van der Waals surface area (Å²) >= 11 is 15.3. The van der Waals surface area contributed by atoms with Gasteiger partial charge in [0.2, 0.25) is 0 Å². The molecule has 5 heteroatoms. The van der Waals surface area contributed by atoms with Crippen LogP contribution >= 0.6 is 39.1 Å². The van der Waals surface area contributed by atoms with Crippen molar-refractivity contribution in [2.24, 2.45) is 0 Å². The normalized spacial score (nSPS) is 10.3. The van der Waals surface area contributed by atoms with Crippen LogP contribution in [0.3, 0.4) is 0 Å². The standard InChI is InChI=1S/C14H12BrCl2NO/c15-11-3-1-2-4-13(11)18-7-8-19-14-6-5-10(16)9-12(14)17/h1-6,9,18H,7-8H2. The molecule has 0 bridgehead atoms. The fourth-order valence-electron chi connectivity index (χ4n) is 1.54. The monoisotopic (exact) mass is 359 g/mol. The number of benzene rings is 2. The first-order chi connectivity index (χ1) is 9.16. The van der Waals surface area contributed by atoms with Crippen molar-refractivity contribution in [3.63, 3.8) is 0 Å². The first-order valence-corrected chi connectivity index (χ1v) is 7.28. The molecule has 0 spiro atoms. The van der Waals surface area contributed by atoms with Gasteiger partial charge in [0.1, 0.15) is 12.4 Å². The predicted molar refractivity (Wildman–Crippen MR) is 84.6 cm³/mol. The molecule has 0 aliphatic carbocycles. The number of rotatable bonds is 5. The average molecular weight is 361 g/mol. The quantitative estimate of drug-likeness (QED) is 0.735. The number of para-hydroxylation sites is 1. The van der Waals surface area contributed by atoms with E-state index in [1.54, 1.807) is 18.2 Å². The Hall–Kier alpha value is -0.900. The lowest BCUT2D eigenvalue weighted by Crippen LogP contribution is -2.11. The van der Waals surface area contributed by atoms with Gasteiger partial charge in [0.05, 0.1) is 5.02 Å². The first-order valence-electron chi connectivity index (χ1n) is 5.73. The number of hydrogen-bond acceptors (Lipinski definition) is 2. The molecule has 0 aromatic heterocycles. The molecule has 0 aliphatic rings. The zero-order chi connectivity index (χ0) is 13.7. The second-order valence-corrected chi connectivity index (χ2v) is 5.53. The van der Waals surface area contributed by atoms with Gasteiger partial charge in [0, 0.05) is 21.7 Å². The van der Waals surface area contributed by atoms with Crippen LogP contribution in [0.2, 0.25) is 10.0 Å². The SMILES string of the molecule is Clc1ccc(OCCNc2ccccc2Br)c(Cl)c1. The molecule has 0 radical (unpaired) electrons. The fourth-order valence-corrected chi connectivity index (χ4v) is 2.43. The molecule has 0 heterocycles. The number of halogens is 3. The molecule has 0 saturated heterocycles. The number of nitrogens with one attached hydrogen (secondary N) is 1. The topological polar surface area (TPSA) is 21.3 Å². The Morgan fingerprint density at radius 2 is 1.89 bits per heavy atom. The van der Waals surface area contributed by atoms with Crippen molar-refractivity contribution < 1.29 is 4.74 Å². The minimum Gasteiger partial charge on any atom is -0.490 e. The van der Waals surface area contributed by atoms with Gasteiger partial charge in [0.15, 0.2) is 0 Å². The maximum atomic E-state index is 6.01. The zero-order valence-electron chi connectivity index (χ0n) is 10.00. The molecule has 100 valence electrons. The molecule has 0 saturated carbocycles. The van der Waals surface area contributed by atoms with E-state index in [0.717, 1.165) is 10.2 Å². The van der Waals surface area contributed by atoms with Crippen molar-refractivity contribution >= 4 is 44.8 Å². The second kappa shape index (κ2) is 7.04. The van der Waals surface area contributed by atoms with E-state index in [1.165, 1.54) is 0 Å². The number of anilines is 1. The third-order valence-corrected chi connectivity index (χ3v) is 3.66. The highest BCUT2D eigenvalue weighted by molar-refractivity contribution is 9.10. The Labute approximate surface area is 130 Å². The lowest BCUT2D eigenvalue weighted by atomic mass is 10.3. The van der Waals surface area contributed by atoms with E-state index in [4.69, 9.17) is 27.9 Å². The van der Waals surface area contributed by atoms with Crippen molar-refractivity contribution in [2.75, 3.05) is 18.5 Å². The van der Waals surface area contributed by atoms with Gasteiger partial charge in [-0.05, 0) is 46.3 Å². The summed E-state index contributed by atoms with van der Waals surface area (Å²) in [6.07, 6.45) is 0. The highest BCUT2D eigenvalue weighted by Crippen LogP contribution is 2.27. The zero-order valence-corrected chi connectivity index (χ0v) is 13.1. The first kappa shape index (κ1) is 14.5. The molecule has 2 aromatic rings. The van der Waals surface area contributed by atoms with Crippen LogP contribution < -0.4 is 10.1 Å². The molecule has 0 unspecified atom stereocenters. The van der Waals surface area contributed by atoms with E-state index in [-0.39, 0.29) is 0 Å². The average Bonchev–Trinajstić information content (AvgIpc) is 2.38. The molecule has 1 N–H and O–H groups in total. The fraction of sp³-hybridized carbons (Fsp3) is 0.143. The summed E-state index contributed by atoms with van der Waals surface area (Å²) in [6, 6.07) is 13.1. The minimum absolute atomic E-state index is 0.517. The summed E-state index contributed by atoms with van der Waals surface area (Å²) in [5.74, 6) is 0.639. The summed E-state index contributed by atoms with van der Waals surface area (Å²) in [7, 11) is 0. The highest BCUT2D eigenvalue weighted by atomic mass is 79.9. The van der Waals surface area contributed by atoms with Crippen LogP contribution in [0, 0.1) is 0 Å². The Morgan fingerprint density at radius 1 is 1.11 bits per heavy atom. The number of ether oxygens (including phenoxy) is 1. The van der Waals surface area contributed by atoms with Crippen LogP contribution in [-0.4, -0.2) is 13.2 Å². The summed E-state index contributed by atoms with van der Waals surface area (Å²) < 4.78 is 6.61. The van der Waals surface area contributed by atoms with Gasteiger partial charge in [0.25, 0.3) is 0 Å². The van der Waals surface area contributed by atoms with Crippen LogP contribution in [0.5, 0.6) is 5.75 Å². The summed E-state index contributed by atoms with van der Waals surface area (Å²) in [5.41, 5.74) is 1.04. The summed E-state index contributed by atoms with van der Waals surface area (Å²) in [6.45, 7) is 1.20. The lowest BCUT2D eigenvalue weighted by Gasteiger charge is -2.11. The van der Waals surface area contributed by atoms with E-state index >= 15 is 0 Å². The smallest absolute Gasteiger partial charge is 0.138 e. The van der Waals surface area contributed by atoms with Crippen LogP contribution in [0.15, 0.2) is 46.9 Å². The molecular formula is C14H12BrCl2NO. The Balaban J connectivity index is 1.83.